The number of aliphatic imine (C=N–C) groups is 1. The Hall–Kier alpha value is -5.99. The van der Waals surface area contributed by atoms with Crippen LogP contribution in [0.5, 0.6) is 0 Å². The third kappa shape index (κ3) is 4.97. The molecule has 0 saturated carbocycles. The van der Waals surface area contributed by atoms with E-state index in [1.165, 1.54) is 50.1 Å². The number of nitrogens with zero attached hydrogens (tertiary/aromatic N) is 1. The summed E-state index contributed by atoms with van der Waals surface area (Å²) in [6, 6.07) is 57.0. The molecule has 262 valence electrons. The van der Waals surface area contributed by atoms with Crippen molar-refractivity contribution in [2.45, 2.75) is 50.5 Å². The van der Waals surface area contributed by atoms with Crippen LogP contribution in [0.4, 0.5) is 0 Å². The van der Waals surface area contributed by atoms with Crippen molar-refractivity contribution in [3.8, 4) is 11.1 Å². The summed E-state index contributed by atoms with van der Waals surface area (Å²) in [6.45, 7) is 9.70. The largest absolute Gasteiger partial charge is 0.370 e. The van der Waals surface area contributed by atoms with E-state index in [1.807, 2.05) is 0 Å². The van der Waals surface area contributed by atoms with Crippen LogP contribution >= 0.6 is 0 Å². The normalized spacial score (nSPS) is 21.5. The van der Waals surface area contributed by atoms with Crippen molar-refractivity contribution in [2.24, 2.45) is 10.9 Å². The van der Waals surface area contributed by atoms with Gasteiger partial charge in [0.2, 0.25) is 0 Å². The molecule has 0 fully saturated rings. The maximum atomic E-state index is 5.55. The number of nitrogens with one attached hydrogen (secondary N) is 1. The second kappa shape index (κ2) is 12.3. The Bertz CT molecular complexity index is 2550. The van der Waals surface area contributed by atoms with Gasteiger partial charge in [-0.05, 0) is 72.6 Å². The predicted octanol–water partition coefficient (Wildman–Crippen LogP) is 12.3. The first-order chi connectivity index (χ1) is 26.3. The first kappa shape index (κ1) is 32.6. The number of allylic oxidation sites excluding steroid dienone is 4. The Kier molecular flexibility index (Phi) is 7.43. The zero-order chi connectivity index (χ0) is 36.6. The molecule has 4 aliphatic rings. The molecule has 3 atom stereocenters. The summed E-state index contributed by atoms with van der Waals surface area (Å²) in [7, 11) is 0. The van der Waals surface area contributed by atoms with Crippen molar-refractivity contribution in [2.75, 3.05) is 0 Å². The number of hydrogen-bond acceptors (Lipinski definition) is 2. The number of benzene rings is 6. The van der Waals surface area contributed by atoms with Gasteiger partial charge in [0, 0.05) is 16.9 Å². The second-order valence-corrected chi connectivity index (χ2v) is 16.4. The fourth-order valence-electron chi connectivity index (χ4n) is 9.84. The van der Waals surface area contributed by atoms with Crippen LogP contribution in [-0.4, -0.2) is 5.71 Å². The summed E-state index contributed by atoms with van der Waals surface area (Å²) in [6.07, 6.45) is 5.26. The van der Waals surface area contributed by atoms with E-state index >= 15 is 0 Å². The molecule has 0 radical (unpaired) electrons. The van der Waals surface area contributed by atoms with E-state index in [9.17, 15) is 0 Å². The van der Waals surface area contributed by atoms with Gasteiger partial charge in [-0.25, -0.2) is 4.99 Å². The summed E-state index contributed by atoms with van der Waals surface area (Å²) < 4.78 is 0. The van der Waals surface area contributed by atoms with Crippen LogP contribution in [0.15, 0.2) is 180 Å². The van der Waals surface area contributed by atoms with Gasteiger partial charge in [-0.1, -0.05) is 198 Å². The highest BCUT2D eigenvalue weighted by atomic mass is 15.0. The quantitative estimate of drug-likeness (QED) is 0.191. The van der Waals surface area contributed by atoms with E-state index in [4.69, 9.17) is 4.99 Å². The standard InChI is InChI=1S/C52H44N2/c1-51(2)42-25-15-14-23-39(42)40-31-41-45(32-44(40)51)52(3,4)43-26-16-24-38(46(41)43)33-27-29-37(30-28-33)50-49(36-21-12-7-13-22-36)53-47(34-17-8-5-9-18-34)48(54-50)35-19-10-6-11-20-35/h5-32,40,44,47,53H,1-4H3. The lowest BCUT2D eigenvalue weighted by molar-refractivity contribution is 0.390. The zero-order valence-corrected chi connectivity index (χ0v) is 31.3. The molecule has 3 aliphatic carbocycles. The summed E-state index contributed by atoms with van der Waals surface area (Å²) in [4.78, 5) is 5.55. The molecular weight excluding hydrogens is 653 g/mol. The molecule has 0 saturated heterocycles. The molecule has 6 aromatic rings. The minimum atomic E-state index is -0.0925. The van der Waals surface area contributed by atoms with Crippen LogP contribution in [-0.2, 0) is 10.8 Å². The minimum Gasteiger partial charge on any atom is -0.370 e. The van der Waals surface area contributed by atoms with Crippen molar-refractivity contribution in [1.29, 1.82) is 0 Å². The first-order valence-electron chi connectivity index (χ1n) is 19.3. The SMILES string of the molecule is CC1(C)C2=CC3C(C=C2c2c(-c4ccc(C5=C(c6ccccc6)NC(c6ccccc6)C(c6ccccc6)=N5)cc4)cccc21)c1ccccc1C3(C)C. The van der Waals surface area contributed by atoms with Gasteiger partial charge in [-0.3, -0.25) is 0 Å². The van der Waals surface area contributed by atoms with Gasteiger partial charge in [-0.15, -0.1) is 0 Å². The molecule has 2 nitrogen and oxygen atoms in total. The molecule has 0 amide bonds. The van der Waals surface area contributed by atoms with Crippen molar-refractivity contribution < 1.29 is 0 Å². The van der Waals surface area contributed by atoms with Crippen molar-refractivity contribution in [3.05, 3.63) is 220 Å². The molecule has 0 bridgehead atoms. The summed E-state index contributed by atoms with van der Waals surface area (Å²) >= 11 is 0. The highest BCUT2D eigenvalue weighted by Crippen LogP contribution is 2.61. The highest BCUT2D eigenvalue weighted by molar-refractivity contribution is 6.12. The summed E-state index contributed by atoms with van der Waals surface area (Å²) in [5, 5.41) is 3.97. The Morgan fingerprint density at radius 1 is 0.537 bits per heavy atom. The van der Waals surface area contributed by atoms with E-state index in [-0.39, 0.29) is 16.9 Å². The fraction of sp³-hybridized carbons (Fsp3) is 0.173. The number of rotatable bonds is 5. The van der Waals surface area contributed by atoms with Gasteiger partial charge in [0.25, 0.3) is 0 Å². The van der Waals surface area contributed by atoms with E-state index in [0.717, 1.165) is 33.8 Å². The van der Waals surface area contributed by atoms with E-state index in [1.54, 1.807) is 0 Å². The molecule has 1 N–H and O–H groups in total. The lowest BCUT2D eigenvalue weighted by Gasteiger charge is -2.34. The van der Waals surface area contributed by atoms with E-state index in [0.29, 0.717) is 11.8 Å². The van der Waals surface area contributed by atoms with Crippen molar-refractivity contribution >= 4 is 22.7 Å². The molecule has 3 unspecified atom stereocenters. The van der Waals surface area contributed by atoms with Crippen LogP contribution in [0.2, 0.25) is 0 Å². The van der Waals surface area contributed by atoms with Crippen LogP contribution in [0.25, 0.3) is 28.1 Å². The Labute approximate surface area is 319 Å². The molecular formula is C52H44N2. The third-order valence-corrected chi connectivity index (χ3v) is 12.7. The maximum absolute atomic E-state index is 5.55. The minimum absolute atomic E-state index is 0.0754. The Morgan fingerprint density at radius 3 is 1.87 bits per heavy atom. The van der Waals surface area contributed by atoms with Gasteiger partial charge in [0.1, 0.15) is 0 Å². The maximum Gasteiger partial charge on any atom is 0.0947 e. The molecule has 10 rings (SSSR count). The lowest BCUT2D eigenvalue weighted by Crippen LogP contribution is -2.32. The third-order valence-electron chi connectivity index (χ3n) is 12.7. The average molecular weight is 697 g/mol. The molecule has 0 spiro atoms. The molecule has 6 aromatic carbocycles. The van der Waals surface area contributed by atoms with Crippen molar-refractivity contribution in [1.82, 2.24) is 5.32 Å². The molecule has 1 aliphatic heterocycles. The van der Waals surface area contributed by atoms with E-state index < -0.39 is 0 Å². The smallest absolute Gasteiger partial charge is 0.0947 e. The average Bonchev–Trinajstić information content (AvgIpc) is 3.59. The van der Waals surface area contributed by atoms with E-state index in [2.05, 4.69) is 203 Å². The highest BCUT2D eigenvalue weighted by Gasteiger charge is 2.50. The summed E-state index contributed by atoms with van der Waals surface area (Å²) in [5.74, 6) is 0.828. The van der Waals surface area contributed by atoms with Gasteiger partial charge in [-0.2, -0.15) is 0 Å². The Morgan fingerprint density at radius 2 is 1.15 bits per heavy atom. The number of hydrogen-bond donors (Lipinski definition) is 1. The lowest BCUT2D eigenvalue weighted by atomic mass is 9.69. The first-order valence-corrected chi connectivity index (χ1v) is 19.3. The van der Waals surface area contributed by atoms with Crippen LogP contribution < -0.4 is 5.32 Å². The monoisotopic (exact) mass is 696 g/mol. The zero-order valence-electron chi connectivity index (χ0n) is 31.3. The van der Waals surface area contributed by atoms with Gasteiger partial charge >= 0.3 is 0 Å². The fourth-order valence-corrected chi connectivity index (χ4v) is 9.84. The van der Waals surface area contributed by atoms with Crippen LogP contribution in [0.3, 0.4) is 0 Å². The topological polar surface area (TPSA) is 24.4 Å². The predicted molar refractivity (Wildman–Crippen MR) is 225 cm³/mol. The summed E-state index contributed by atoms with van der Waals surface area (Å²) in [5.41, 5.74) is 18.7. The van der Waals surface area contributed by atoms with Crippen LogP contribution in [0, 0.1) is 5.92 Å². The molecule has 0 aromatic heterocycles. The molecule has 54 heavy (non-hydrogen) atoms. The van der Waals surface area contributed by atoms with Crippen LogP contribution in [0.1, 0.15) is 84.2 Å². The van der Waals surface area contributed by atoms with Gasteiger partial charge in [0.15, 0.2) is 0 Å². The second-order valence-electron chi connectivity index (χ2n) is 16.4. The molecule has 1 heterocycles. The Balaban J connectivity index is 1.09. The van der Waals surface area contributed by atoms with Gasteiger partial charge in [0.05, 0.1) is 23.1 Å². The van der Waals surface area contributed by atoms with Gasteiger partial charge < -0.3 is 5.32 Å². The number of fused-ring (bicyclic) bond motifs is 6. The molecule has 2 heteroatoms. The van der Waals surface area contributed by atoms with Crippen molar-refractivity contribution in [3.63, 3.8) is 0 Å².